The van der Waals surface area contributed by atoms with Crippen molar-refractivity contribution >= 4 is 29.5 Å². The van der Waals surface area contributed by atoms with E-state index in [0.717, 1.165) is 5.56 Å². The molecule has 0 radical (unpaired) electrons. The van der Waals surface area contributed by atoms with Gasteiger partial charge >= 0.3 is 0 Å². The number of amides is 2. The van der Waals surface area contributed by atoms with Crippen molar-refractivity contribution in [3.05, 3.63) is 40.4 Å². The van der Waals surface area contributed by atoms with Gasteiger partial charge in [-0.15, -0.1) is 0 Å². The van der Waals surface area contributed by atoms with Crippen LogP contribution in [0.15, 0.2) is 29.8 Å². The Balaban J connectivity index is 2.06. The third-order valence-electron chi connectivity index (χ3n) is 4.24. The number of hydrogen-bond acceptors (Lipinski definition) is 3. The number of rotatable bonds is 6. The molecule has 1 aromatic rings. The van der Waals surface area contributed by atoms with Crippen LogP contribution in [0.2, 0.25) is 5.02 Å². The van der Waals surface area contributed by atoms with Gasteiger partial charge in [0, 0.05) is 23.7 Å². The molecule has 142 valence electrons. The summed E-state index contributed by atoms with van der Waals surface area (Å²) >= 11 is 5.89. The molecule has 0 aliphatic carbocycles. The molecule has 2 amide bonds. The van der Waals surface area contributed by atoms with E-state index in [0.29, 0.717) is 49.2 Å². The second kappa shape index (κ2) is 9.74. The molecule has 2 rings (SSSR count). The van der Waals surface area contributed by atoms with Crippen LogP contribution in [0.1, 0.15) is 32.8 Å². The Morgan fingerprint density at radius 3 is 2.42 bits per heavy atom. The van der Waals surface area contributed by atoms with Gasteiger partial charge in [-0.3, -0.25) is 9.59 Å². The molecular weight excluding hydrogens is 352 g/mol. The Kier molecular flexibility index (Phi) is 7.66. The van der Waals surface area contributed by atoms with Crippen LogP contribution in [-0.4, -0.2) is 49.1 Å². The maximum atomic E-state index is 12.8. The summed E-state index contributed by atoms with van der Waals surface area (Å²) in [7, 11) is 0. The molecule has 1 saturated heterocycles. The monoisotopic (exact) mass is 378 g/mol. The molecule has 6 heteroatoms. The average molecular weight is 379 g/mol. The van der Waals surface area contributed by atoms with Crippen LogP contribution in [0.3, 0.4) is 0 Å². The Hall–Kier alpha value is -1.85. The van der Waals surface area contributed by atoms with Crippen molar-refractivity contribution in [2.24, 2.45) is 5.92 Å². The second-order valence-corrected chi connectivity index (χ2v) is 7.41. The van der Waals surface area contributed by atoms with Gasteiger partial charge in [-0.05, 0) is 43.0 Å². The van der Waals surface area contributed by atoms with Gasteiger partial charge in [-0.1, -0.05) is 37.6 Å². The largest absolute Gasteiger partial charge is 0.378 e. The molecule has 1 aliphatic heterocycles. The van der Waals surface area contributed by atoms with Gasteiger partial charge < -0.3 is 15.0 Å². The number of morpholine rings is 1. The summed E-state index contributed by atoms with van der Waals surface area (Å²) in [5.41, 5.74) is 1.44. The molecule has 0 spiro atoms. The van der Waals surface area contributed by atoms with E-state index in [1.54, 1.807) is 30.0 Å². The van der Waals surface area contributed by atoms with Gasteiger partial charge in [-0.2, -0.15) is 0 Å². The molecule has 0 aromatic heterocycles. The van der Waals surface area contributed by atoms with Crippen molar-refractivity contribution in [1.82, 2.24) is 10.2 Å². The van der Waals surface area contributed by atoms with Gasteiger partial charge in [0.05, 0.1) is 13.2 Å². The number of hydrogen-bond donors (Lipinski definition) is 1. The third kappa shape index (κ3) is 6.15. The van der Waals surface area contributed by atoms with Crippen molar-refractivity contribution in [2.45, 2.75) is 33.2 Å². The first kappa shape index (κ1) is 20.5. The zero-order valence-electron chi connectivity index (χ0n) is 15.6. The van der Waals surface area contributed by atoms with Gasteiger partial charge in [0.2, 0.25) is 11.8 Å². The van der Waals surface area contributed by atoms with Crippen LogP contribution in [0, 0.1) is 5.92 Å². The molecule has 0 unspecified atom stereocenters. The minimum absolute atomic E-state index is 0.0327. The highest BCUT2D eigenvalue weighted by atomic mass is 35.5. The standard InChI is InChI=1S/C20H27ClN2O3/c1-14(2)12-18(20(25)23-8-10-26-11-9-23)22-19(24)15(3)13-16-4-6-17(21)7-5-16/h4-7,13-14,18H,8-12H2,1-3H3,(H,22,24)/b15-13+/t18-/m0/s1. The lowest BCUT2D eigenvalue weighted by atomic mass is 10.0. The van der Waals surface area contributed by atoms with Crippen LogP contribution in [-0.2, 0) is 14.3 Å². The SMILES string of the molecule is C/C(=C\c1ccc(Cl)cc1)C(=O)N[C@@H](CC(C)C)C(=O)N1CCOCC1. The summed E-state index contributed by atoms with van der Waals surface area (Å²) in [5.74, 6) is 0.0349. The smallest absolute Gasteiger partial charge is 0.247 e. The van der Waals surface area contributed by atoms with E-state index in [2.05, 4.69) is 5.32 Å². The fraction of sp³-hybridized carbons (Fsp3) is 0.500. The first-order valence-electron chi connectivity index (χ1n) is 8.98. The highest BCUT2D eigenvalue weighted by Crippen LogP contribution is 2.14. The number of nitrogens with one attached hydrogen (secondary N) is 1. The van der Waals surface area contributed by atoms with Crippen LogP contribution in [0.4, 0.5) is 0 Å². The van der Waals surface area contributed by atoms with Crippen molar-refractivity contribution in [2.75, 3.05) is 26.3 Å². The Morgan fingerprint density at radius 2 is 1.85 bits per heavy atom. The summed E-state index contributed by atoms with van der Waals surface area (Å²) in [5, 5.41) is 3.56. The topological polar surface area (TPSA) is 58.6 Å². The Bertz CT molecular complexity index is 650. The quantitative estimate of drug-likeness (QED) is 0.773. The van der Waals surface area contributed by atoms with E-state index in [1.807, 2.05) is 26.0 Å². The molecule has 1 aromatic carbocycles. The lowest BCUT2D eigenvalue weighted by Gasteiger charge is -2.31. The fourth-order valence-electron chi connectivity index (χ4n) is 2.84. The summed E-state index contributed by atoms with van der Waals surface area (Å²) in [6, 6.07) is 6.74. The zero-order chi connectivity index (χ0) is 19.1. The van der Waals surface area contributed by atoms with Gasteiger partial charge in [0.25, 0.3) is 0 Å². The first-order valence-corrected chi connectivity index (χ1v) is 9.36. The van der Waals surface area contributed by atoms with Crippen LogP contribution in [0.5, 0.6) is 0 Å². The molecule has 26 heavy (non-hydrogen) atoms. The number of nitrogens with zero attached hydrogens (tertiary/aromatic N) is 1. The van der Waals surface area contributed by atoms with E-state index in [9.17, 15) is 9.59 Å². The van der Waals surface area contributed by atoms with Crippen LogP contribution < -0.4 is 5.32 Å². The summed E-state index contributed by atoms with van der Waals surface area (Å²) in [6.45, 7) is 8.07. The Morgan fingerprint density at radius 1 is 1.23 bits per heavy atom. The second-order valence-electron chi connectivity index (χ2n) is 6.97. The molecule has 1 N–H and O–H groups in total. The lowest BCUT2D eigenvalue weighted by molar-refractivity contribution is -0.139. The minimum atomic E-state index is -0.519. The predicted molar refractivity (Wildman–Crippen MR) is 104 cm³/mol. The minimum Gasteiger partial charge on any atom is -0.378 e. The first-order chi connectivity index (χ1) is 12.4. The fourth-order valence-corrected chi connectivity index (χ4v) is 2.97. The molecule has 5 nitrogen and oxygen atoms in total. The van der Waals surface area contributed by atoms with Crippen molar-refractivity contribution in [3.8, 4) is 0 Å². The zero-order valence-corrected chi connectivity index (χ0v) is 16.4. The Labute approximate surface area is 160 Å². The van der Waals surface area contributed by atoms with E-state index < -0.39 is 6.04 Å². The molecular formula is C20H27ClN2O3. The predicted octanol–water partition coefficient (Wildman–Crippen LogP) is 3.13. The molecule has 0 bridgehead atoms. The van der Waals surface area contributed by atoms with Gasteiger partial charge in [0.15, 0.2) is 0 Å². The number of benzene rings is 1. The number of ether oxygens (including phenoxy) is 1. The highest BCUT2D eigenvalue weighted by molar-refractivity contribution is 6.30. The van der Waals surface area contributed by atoms with E-state index in [4.69, 9.17) is 16.3 Å². The van der Waals surface area contributed by atoms with E-state index in [1.165, 1.54) is 0 Å². The normalized spacial score (nSPS) is 16.5. The maximum absolute atomic E-state index is 12.8. The number of carbonyl (C=O) groups excluding carboxylic acids is 2. The molecule has 0 saturated carbocycles. The average Bonchev–Trinajstić information content (AvgIpc) is 2.62. The van der Waals surface area contributed by atoms with Crippen LogP contribution >= 0.6 is 11.6 Å². The van der Waals surface area contributed by atoms with E-state index >= 15 is 0 Å². The summed E-state index contributed by atoms with van der Waals surface area (Å²) in [6.07, 6.45) is 2.40. The molecule has 1 aliphatic rings. The van der Waals surface area contributed by atoms with Crippen molar-refractivity contribution in [1.29, 1.82) is 0 Å². The molecule has 1 fully saturated rings. The summed E-state index contributed by atoms with van der Waals surface area (Å²) < 4.78 is 5.31. The highest BCUT2D eigenvalue weighted by Gasteiger charge is 2.28. The lowest BCUT2D eigenvalue weighted by Crippen LogP contribution is -2.52. The van der Waals surface area contributed by atoms with Gasteiger partial charge in [0.1, 0.15) is 6.04 Å². The maximum Gasteiger partial charge on any atom is 0.247 e. The van der Waals surface area contributed by atoms with Gasteiger partial charge in [-0.25, -0.2) is 0 Å². The third-order valence-corrected chi connectivity index (χ3v) is 4.50. The molecule has 1 heterocycles. The molecule has 1 atom stereocenters. The van der Waals surface area contributed by atoms with E-state index in [-0.39, 0.29) is 11.8 Å². The number of halogens is 1. The number of carbonyl (C=O) groups is 2. The van der Waals surface area contributed by atoms with Crippen molar-refractivity contribution < 1.29 is 14.3 Å². The van der Waals surface area contributed by atoms with Crippen molar-refractivity contribution in [3.63, 3.8) is 0 Å². The summed E-state index contributed by atoms with van der Waals surface area (Å²) in [4.78, 5) is 27.2. The van der Waals surface area contributed by atoms with Crippen LogP contribution in [0.25, 0.3) is 6.08 Å².